The van der Waals surface area contributed by atoms with Gasteiger partial charge in [-0.05, 0) is 26.2 Å². The van der Waals surface area contributed by atoms with Gasteiger partial charge in [0.2, 0.25) is 23.6 Å². The zero-order valence-electron chi connectivity index (χ0n) is 17.5. The van der Waals surface area contributed by atoms with Gasteiger partial charge < -0.3 is 42.3 Å². The van der Waals surface area contributed by atoms with E-state index in [0.29, 0.717) is 6.42 Å². The molecule has 0 aromatic heterocycles. The van der Waals surface area contributed by atoms with Crippen LogP contribution >= 0.6 is 0 Å². The van der Waals surface area contributed by atoms with Crippen molar-refractivity contribution in [3.63, 3.8) is 0 Å². The maximum absolute atomic E-state index is 12.7. The van der Waals surface area contributed by atoms with Gasteiger partial charge >= 0.3 is 11.9 Å². The zero-order valence-corrected chi connectivity index (χ0v) is 17.5. The van der Waals surface area contributed by atoms with Crippen LogP contribution < -0.4 is 22.1 Å². The van der Waals surface area contributed by atoms with Gasteiger partial charge in [-0.3, -0.25) is 24.0 Å². The number of hydrogen-bond acceptors (Lipinski definition) is 8. The Morgan fingerprint density at radius 3 is 2.25 bits per heavy atom. The maximum atomic E-state index is 12.7. The number of carbonyl (C=O) groups is 6. The Balaban J connectivity index is 2.86. The van der Waals surface area contributed by atoms with Crippen molar-refractivity contribution in [1.29, 1.82) is 0 Å². The molecule has 1 aliphatic heterocycles. The number of carboxylic acid groups (broad SMARTS) is 2. The fourth-order valence-corrected chi connectivity index (χ4v) is 3.23. The monoisotopic (exact) mass is 459 g/mol. The molecule has 32 heavy (non-hydrogen) atoms. The molecule has 4 amide bonds. The molecule has 180 valence electrons. The average molecular weight is 459 g/mol. The predicted molar refractivity (Wildman–Crippen MR) is 107 cm³/mol. The van der Waals surface area contributed by atoms with Gasteiger partial charge in [0.1, 0.15) is 18.1 Å². The van der Waals surface area contributed by atoms with Crippen LogP contribution in [0.5, 0.6) is 0 Å². The Morgan fingerprint density at radius 1 is 1.12 bits per heavy atom. The third-order valence-electron chi connectivity index (χ3n) is 4.91. The lowest BCUT2D eigenvalue weighted by Gasteiger charge is -2.29. The summed E-state index contributed by atoms with van der Waals surface area (Å²) in [6.45, 7) is 1.39. The number of amides is 4. The van der Waals surface area contributed by atoms with Crippen LogP contribution in [-0.2, 0) is 28.8 Å². The number of rotatable bonds is 12. The van der Waals surface area contributed by atoms with Crippen LogP contribution in [0.2, 0.25) is 0 Å². The summed E-state index contributed by atoms with van der Waals surface area (Å²) in [6.07, 6.45) is -1.75. The summed E-state index contributed by atoms with van der Waals surface area (Å²) in [5, 5.41) is 32.0. The number of primary amides is 1. The summed E-state index contributed by atoms with van der Waals surface area (Å²) in [5.41, 5.74) is 10.8. The van der Waals surface area contributed by atoms with Crippen molar-refractivity contribution in [3.05, 3.63) is 0 Å². The largest absolute Gasteiger partial charge is 0.481 e. The number of aliphatic carboxylic acids is 2. The number of carbonyl (C=O) groups excluding carboxylic acids is 4. The number of nitrogens with two attached hydrogens (primary N) is 2. The van der Waals surface area contributed by atoms with Crippen molar-refractivity contribution in [2.24, 2.45) is 11.5 Å². The number of aliphatic hydroxyl groups excluding tert-OH is 1. The molecule has 14 nitrogen and oxygen atoms in total. The Labute approximate surface area is 183 Å². The minimum Gasteiger partial charge on any atom is -0.481 e. The van der Waals surface area contributed by atoms with Crippen LogP contribution in [0, 0.1) is 0 Å². The van der Waals surface area contributed by atoms with Gasteiger partial charge in [0.05, 0.1) is 18.6 Å². The molecule has 1 aliphatic rings. The molecule has 14 heteroatoms. The summed E-state index contributed by atoms with van der Waals surface area (Å²) in [5.74, 6) is -6.15. The molecule has 1 saturated heterocycles. The highest BCUT2D eigenvalue weighted by Gasteiger charge is 2.39. The molecular formula is C18H29N5O9. The average Bonchev–Trinajstić information content (AvgIpc) is 3.17. The second-order valence-electron chi connectivity index (χ2n) is 7.53. The SMILES string of the molecule is CC(O)C(NC(=O)C1CCCN1C(=O)C(N)CCC(N)=O)C(=O)NC(CC(=O)O)C(=O)O. The van der Waals surface area contributed by atoms with Gasteiger partial charge in [-0.15, -0.1) is 0 Å². The first-order valence-electron chi connectivity index (χ1n) is 9.92. The van der Waals surface area contributed by atoms with Crippen LogP contribution in [0.3, 0.4) is 0 Å². The lowest BCUT2D eigenvalue weighted by atomic mass is 10.1. The van der Waals surface area contributed by atoms with Crippen molar-refractivity contribution in [2.45, 2.75) is 69.3 Å². The molecule has 5 atom stereocenters. The Kier molecular flexibility index (Phi) is 10.00. The van der Waals surface area contributed by atoms with Gasteiger partial charge in [-0.25, -0.2) is 4.79 Å². The first-order chi connectivity index (χ1) is 14.8. The van der Waals surface area contributed by atoms with Crippen molar-refractivity contribution >= 4 is 35.6 Å². The van der Waals surface area contributed by atoms with Crippen LogP contribution in [0.25, 0.3) is 0 Å². The quantitative estimate of drug-likeness (QED) is 0.152. The van der Waals surface area contributed by atoms with E-state index in [1.807, 2.05) is 5.32 Å². The Morgan fingerprint density at radius 2 is 1.75 bits per heavy atom. The van der Waals surface area contributed by atoms with E-state index in [-0.39, 0.29) is 25.8 Å². The van der Waals surface area contributed by atoms with E-state index >= 15 is 0 Å². The number of hydrogen-bond donors (Lipinski definition) is 7. The molecule has 9 N–H and O–H groups in total. The summed E-state index contributed by atoms with van der Waals surface area (Å²) in [6, 6.07) is -5.42. The van der Waals surface area contributed by atoms with E-state index in [4.69, 9.17) is 21.7 Å². The normalized spacial score (nSPS) is 19.3. The highest BCUT2D eigenvalue weighted by atomic mass is 16.4. The molecule has 5 unspecified atom stereocenters. The molecule has 0 aliphatic carbocycles. The van der Waals surface area contributed by atoms with Crippen LogP contribution in [0.1, 0.15) is 39.0 Å². The van der Waals surface area contributed by atoms with E-state index in [2.05, 4.69) is 5.32 Å². The second-order valence-corrected chi connectivity index (χ2v) is 7.53. The van der Waals surface area contributed by atoms with Gasteiger partial charge in [0.25, 0.3) is 0 Å². The van der Waals surface area contributed by atoms with Crippen molar-refractivity contribution in [2.75, 3.05) is 6.54 Å². The number of likely N-dealkylation sites (tertiary alicyclic amines) is 1. The van der Waals surface area contributed by atoms with Crippen LogP contribution in [0.4, 0.5) is 0 Å². The van der Waals surface area contributed by atoms with E-state index in [1.165, 1.54) is 11.8 Å². The highest BCUT2D eigenvalue weighted by Crippen LogP contribution is 2.19. The smallest absolute Gasteiger partial charge is 0.326 e. The van der Waals surface area contributed by atoms with Gasteiger partial charge in [-0.2, -0.15) is 0 Å². The maximum Gasteiger partial charge on any atom is 0.326 e. The molecule has 0 radical (unpaired) electrons. The van der Waals surface area contributed by atoms with Crippen molar-refractivity contribution in [1.82, 2.24) is 15.5 Å². The lowest BCUT2D eigenvalue weighted by molar-refractivity contribution is -0.148. The van der Waals surface area contributed by atoms with Gasteiger partial charge in [0.15, 0.2) is 0 Å². The molecule has 1 heterocycles. The van der Waals surface area contributed by atoms with E-state index in [9.17, 15) is 33.9 Å². The summed E-state index contributed by atoms with van der Waals surface area (Å²) in [4.78, 5) is 71.8. The molecular weight excluding hydrogens is 430 g/mol. The van der Waals surface area contributed by atoms with Gasteiger partial charge in [-0.1, -0.05) is 0 Å². The summed E-state index contributed by atoms with van der Waals surface area (Å²) in [7, 11) is 0. The topological polar surface area (TPSA) is 242 Å². The minimum absolute atomic E-state index is 0.00212. The standard InChI is InChI=1S/C18H29N5O9/c1-8(24)14(16(29)21-10(18(31)32)7-13(26)27)22-15(28)11-3-2-6-23(11)17(30)9(19)4-5-12(20)25/h8-11,14,24H,2-7,19H2,1H3,(H2,20,25)(H,21,29)(H,22,28)(H,26,27)(H,31,32). The number of nitrogens with one attached hydrogen (secondary N) is 2. The first-order valence-corrected chi connectivity index (χ1v) is 9.92. The first kappa shape index (κ1) is 26.8. The van der Waals surface area contributed by atoms with Crippen LogP contribution in [-0.4, -0.2) is 92.6 Å². The lowest BCUT2D eigenvalue weighted by Crippen LogP contribution is -2.59. The van der Waals surface area contributed by atoms with Crippen molar-refractivity contribution < 1.29 is 44.1 Å². The third-order valence-corrected chi connectivity index (χ3v) is 4.91. The minimum atomic E-state index is -1.77. The van der Waals surface area contributed by atoms with E-state index in [0.717, 1.165) is 0 Å². The van der Waals surface area contributed by atoms with E-state index < -0.39 is 72.3 Å². The third kappa shape index (κ3) is 7.77. The second kappa shape index (κ2) is 12.0. The molecule has 1 rings (SSSR count). The number of carboxylic acids is 2. The fourth-order valence-electron chi connectivity index (χ4n) is 3.23. The fraction of sp³-hybridized carbons (Fsp3) is 0.667. The molecule has 0 saturated carbocycles. The van der Waals surface area contributed by atoms with Crippen molar-refractivity contribution in [3.8, 4) is 0 Å². The van der Waals surface area contributed by atoms with Gasteiger partial charge in [0, 0.05) is 13.0 Å². The molecule has 0 aromatic rings. The highest BCUT2D eigenvalue weighted by molar-refractivity contribution is 5.95. The Hall–Kier alpha value is -3.26. The molecule has 1 fully saturated rings. The predicted octanol–water partition coefficient (Wildman–Crippen LogP) is -3.52. The molecule has 0 bridgehead atoms. The van der Waals surface area contributed by atoms with Crippen LogP contribution in [0.15, 0.2) is 0 Å². The molecule has 0 spiro atoms. The van der Waals surface area contributed by atoms with E-state index in [1.54, 1.807) is 0 Å². The summed E-state index contributed by atoms with van der Waals surface area (Å²) >= 11 is 0. The molecule has 0 aromatic carbocycles. The summed E-state index contributed by atoms with van der Waals surface area (Å²) < 4.78 is 0. The number of nitrogens with zero attached hydrogens (tertiary/aromatic N) is 1. The Bertz CT molecular complexity index is 757. The number of aliphatic hydroxyl groups is 1. The zero-order chi connectivity index (χ0) is 24.6.